The highest BCUT2D eigenvalue weighted by molar-refractivity contribution is 7.97. The molecule has 0 spiro atoms. The van der Waals surface area contributed by atoms with Gasteiger partial charge in [0, 0.05) is 28.5 Å². The first-order valence-corrected chi connectivity index (χ1v) is 13.2. The van der Waals surface area contributed by atoms with Crippen molar-refractivity contribution in [1.29, 1.82) is 0 Å². The number of anilines is 1. The van der Waals surface area contributed by atoms with E-state index in [4.69, 9.17) is 5.73 Å². The number of benzene rings is 1. The lowest BCUT2D eigenvalue weighted by Crippen LogP contribution is -2.29. The first kappa shape index (κ1) is 26.7. The van der Waals surface area contributed by atoms with E-state index in [2.05, 4.69) is 30.8 Å². The second kappa shape index (κ2) is 13.9. The maximum absolute atomic E-state index is 12.1. The molecule has 2 amide bonds. The molecule has 1 aromatic rings. The number of rotatable bonds is 7. The number of hydrogen-bond donors (Lipinski definition) is 3. The van der Waals surface area contributed by atoms with Crippen molar-refractivity contribution >= 4 is 29.4 Å². The van der Waals surface area contributed by atoms with E-state index >= 15 is 0 Å². The van der Waals surface area contributed by atoms with Crippen LogP contribution < -0.4 is 15.8 Å². The summed E-state index contributed by atoms with van der Waals surface area (Å²) in [7, 11) is 0. The van der Waals surface area contributed by atoms with E-state index in [1.165, 1.54) is 51.4 Å². The third-order valence-electron chi connectivity index (χ3n) is 6.13. The molecule has 2 saturated carbocycles. The Morgan fingerprint density at radius 1 is 0.938 bits per heavy atom. The van der Waals surface area contributed by atoms with E-state index in [-0.39, 0.29) is 23.3 Å². The summed E-state index contributed by atoms with van der Waals surface area (Å²) in [6.45, 7) is 6.42. The molecule has 180 valence electrons. The van der Waals surface area contributed by atoms with Crippen LogP contribution in [-0.4, -0.2) is 17.4 Å². The molecule has 6 heteroatoms. The summed E-state index contributed by atoms with van der Waals surface area (Å²) in [4.78, 5) is 23.8. The average Bonchev–Trinajstić information content (AvgIpc) is 2.78. The van der Waals surface area contributed by atoms with Gasteiger partial charge in [0.2, 0.25) is 11.8 Å². The van der Waals surface area contributed by atoms with E-state index < -0.39 is 0 Å². The molecule has 32 heavy (non-hydrogen) atoms. The zero-order valence-electron chi connectivity index (χ0n) is 20.3. The second-order valence-corrected chi connectivity index (χ2v) is 11.2. The monoisotopic (exact) mass is 461 g/mol. The fraction of sp³-hybridized carbons (Fsp3) is 0.692. The molecule has 3 rings (SSSR count). The van der Waals surface area contributed by atoms with Gasteiger partial charge in [-0.1, -0.05) is 51.4 Å². The Hall–Kier alpha value is -1.53. The summed E-state index contributed by atoms with van der Waals surface area (Å²) in [5.41, 5.74) is 6.10. The smallest absolute Gasteiger partial charge is 0.224 e. The molecule has 0 aliphatic heterocycles. The van der Waals surface area contributed by atoms with Crippen LogP contribution in [-0.2, 0) is 9.59 Å². The molecule has 0 bridgehead atoms. The third kappa shape index (κ3) is 11.4. The van der Waals surface area contributed by atoms with Crippen LogP contribution in [0.3, 0.4) is 0 Å². The zero-order valence-corrected chi connectivity index (χ0v) is 21.1. The number of nitrogens with two attached hydrogens (primary N) is 1. The Labute approximate surface area is 199 Å². The number of carbonyl (C=O) groups excluding carboxylic acids is 2. The quantitative estimate of drug-likeness (QED) is 0.408. The van der Waals surface area contributed by atoms with Gasteiger partial charge in [-0.05, 0) is 82.2 Å². The molecule has 2 fully saturated rings. The molecule has 1 aromatic carbocycles. The number of primary amides is 1. The molecule has 5 nitrogen and oxygen atoms in total. The van der Waals surface area contributed by atoms with E-state index in [1.807, 2.05) is 24.3 Å². The number of hydrogen-bond acceptors (Lipinski definition) is 4. The molecule has 0 heterocycles. The van der Waals surface area contributed by atoms with Crippen molar-refractivity contribution in [2.75, 3.05) is 5.32 Å². The zero-order chi connectivity index (χ0) is 23.4. The minimum absolute atomic E-state index is 0.0800. The summed E-state index contributed by atoms with van der Waals surface area (Å²) < 4.78 is 3.38. The van der Waals surface area contributed by atoms with Crippen molar-refractivity contribution in [3.63, 3.8) is 0 Å². The number of amides is 2. The number of nitrogens with one attached hydrogen (secondary N) is 2. The molecular formula is C26H43N3O2S. The van der Waals surface area contributed by atoms with Gasteiger partial charge in [0.1, 0.15) is 0 Å². The van der Waals surface area contributed by atoms with Crippen molar-refractivity contribution in [3.8, 4) is 0 Å². The van der Waals surface area contributed by atoms with Gasteiger partial charge in [-0.3, -0.25) is 14.3 Å². The Kier molecular flexibility index (Phi) is 11.6. The van der Waals surface area contributed by atoms with Gasteiger partial charge >= 0.3 is 0 Å². The minimum Gasteiger partial charge on any atom is -0.369 e. The van der Waals surface area contributed by atoms with Gasteiger partial charge in [0.25, 0.3) is 0 Å². The predicted octanol–water partition coefficient (Wildman–Crippen LogP) is 6.43. The van der Waals surface area contributed by atoms with Crippen LogP contribution in [0.2, 0.25) is 0 Å². The lowest BCUT2D eigenvalue weighted by Gasteiger charge is -2.21. The Bertz CT molecular complexity index is 688. The molecular weight excluding hydrogens is 418 g/mol. The Morgan fingerprint density at radius 2 is 1.50 bits per heavy atom. The summed E-state index contributed by atoms with van der Waals surface area (Å²) >= 11 is 1.62. The SMILES string of the molecule is CC(C)(C)NSc1ccc(NC(=O)CCC2CCCCC2)cc1.NC(=O)C1CCCCC1. The predicted molar refractivity (Wildman–Crippen MR) is 135 cm³/mol. The topological polar surface area (TPSA) is 84.2 Å². The maximum atomic E-state index is 12.1. The van der Waals surface area contributed by atoms with E-state index in [1.54, 1.807) is 11.9 Å². The highest BCUT2D eigenvalue weighted by Crippen LogP contribution is 2.27. The Balaban J connectivity index is 0.000000336. The molecule has 0 radical (unpaired) electrons. The standard InChI is InChI=1S/C19H30N2OS.C7H13NO/c1-19(2,3)21-23-17-12-10-16(11-13-17)20-18(22)14-9-15-7-5-4-6-8-15;8-7(9)6-4-2-1-3-5-6/h10-13,15,21H,4-9,14H2,1-3H3,(H,20,22);6H,1-5H2,(H2,8,9). The summed E-state index contributed by atoms with van der Waals surface area (Å²) in [5, 5.41) is 3.01. The minimum atomic E-state index is -0.102. The van der Waals surface area contributed by atoms with Gasteiger partial charge < -0.3 is 11.1 Å². The highest BCUT2D eigenvalue weighted by atomic mass is 32.2. The molecule has 0 atom stereocenters. The molecule has 2 aliphatic rings. The van der Waals surface area contributed by atoms with Crippen molar-refractivity contribution in [2.45, 2.75) is 108 Å². The molecule has 2 aliphatic carbocycles. The average molecular weight is 462 g/mol. The lowest BCUT2D eigenvalue weighted by molar-refractivity contribution is -0.122. The van der Waals surface area contributed by atoms with Crippen LogP contribution in [0.1, 0.15) is 97.8 Å². The van der Waals surface area contributed by atoms with Crippen molar-refractivity contribution in [3.05, 3.63) is 24.3 Å². The van der Waals surface area contributed by atoms with Gasteiger partial charge in [0.15, 0.2) is 0 Å². The Morgan fingerprint density at radius 3 is 2.00 bits per heavy atom. The van der Waals surface area contributed by atoms with E-state index in [0.717, 1.165) is 35.8 Å². The number of carbonyl (C=O) groups is 2. The van der Waals surface area contributed by atoms with Crippen LogP contribution in [0.4, 0.5) is 5.69 Å². The largest absolute Gasteiger partial charge is 0.369 e. The van der Waals surface area contributed by atoms with Crippen LogP contribution in [0.25, 0.3) is 0 Å². The van der Waals surface area contributed by atoms with Gasteiger partial charge in [-0.15, -0.1) is 0 Å². The van der Waals surface area contributed by atoms with Gasteiger partial charge in [-0.2, -0.15) is 0 Å². The van der Waals surface area contributed by atoms with Crippen LogP contribution >= 0.6 is 11.9 Å². The van der Waals surface area contributed by atoms with Crippen LogP contribution in [0.15, 0.2) is 29.2 Å². The van der Waals surface area contributed by atoms with Gasteiger partial charge in [-0.25, -0.2) is 0 Å². The molecule has 0 aromatic heterocycles. The van der Waals surface area contributed by atoms with Crippen molar-refractivity contribution < 1.29 is 9.59 Å². The molecule has 0 saturated heterocycles. The highest BCUT2D eigenvalue weighted by Gasteiger charge is 2.17. The van der Waals surface area contributed by atoms with E-state index in [9.17, 15) is 9.59 Å². The molecule has 4 N–H and O–H groups in total. The molecule has 0 unspecified atom stereocenters. The fourth-order valence-corrected chi connectivity index (χ4v) is 4.94. The summed E-state index contributed by atoms with van der Waals surface area (Å²) in [5.74, 6) is 0.994. The second-order valence-electron chi connectivity index (χ2n) is 10.3. The van der Waals surface area contributed by atoms with Crippen LogP contribution in [0.5, 0.6) is 0 Å². The van der Waals surface area contributed by atoms with Crippen LogP contribution in [0, 0.1) is 11.8 Å². The van der Waals surface area contributed by atoms with Crippen molar-refractivity contribution in [1.82, 2.24) is 4.72 Å². The lowest BCUT2D eigenvalue weighted by atomic mass is 9.86. The third-order valence-corrected chi connectivity index (χ3v) is 7.35. The summed E-state index contributed by atoms with van der Waals surface area (Å²) in [6.07, 6.45) is 14.1. The normalized spacial score (nSPS) is 17.8. The fourth-order valence-electron chi connectivity index (χ4n) is 4.24. The first-order valence-electron chi connectivity index (χ1n) is 12.4. The van der Waals surface area contributed by atoms with Crippen molar-refractivity contribution in [2.24, 2.45) is 17.6 Å². The summed E-state index contributed by atoms with van der Waals surface area (Å²) in [6, 6.07) is 8.04. The van der Waals surface area contributed by atoms with E-state index in [0.29, 0.717) is 6.42 Å². The first-order chi connectivity index (χ1) is 15.2. The van der Waals surface area contributed by atoms with Gasteiger partial charge in [0.05, 0.1) is 0 Å². The maximum Gasteiger partial charge on any atom is 0.224 e.